The van der Waals surface area contributed by atoms with Crippen LogP contribution in [-0.2, 0) is 4.79 Å². The van der Waals surface area contributed by atoms with Crippen molar-refractivity contribution in [2.75, 3.05) is 0 Å². The van der Waals surface area contributed by atoms with Crippen LogP contribution in [0.1, 0.15) is 47.0 Å². The molecule has 11 heavy (non-hydrogen) atoms. The molecule has 0 aromatic heterocycles. The van der Waals surface area contributed by atoms with E-state index in [-0.39, 0.29) is 0 Å². The van der Waals surface area contributed by atoms with Crippen LogP contribution in [0, 0.1) is 11.8 Å². The summed E-state index contributed by atoms with van der Waals surface area (Å²) in [5.41, 5.74) is 0. The number of rotatable bonds is 5. The zero-order valence-corrected chi connectivity index (χ0v) is 8.18. The molecule has 0 amide bonds. The lowest BCUT2D eigenvalue weighted by Gasteiger charge is -2.13. The lowest BCUT2D eigenvalue weighted by atomic mass is 9.92. The number of ketones is 1. The molecule has 1 nitrogen and oxygen atoms in total. The molecular weight excluding hydrogens is 136 g/mol. The van der Waals surface area contributed by atoms with Gasteiger partial charge in [0, 0.05) is 12.8 Å². The van der Waals surface area contributed by atoms with E-state index in [1.807, 2.05) is 6.92 Å². The van der Waals surface area contributed by atoms with Gasteiger partial charge in [-0.05, 0) is 18.3 Å². The van der Waals surface area contributed by atoms with Crippen LogP contribution in [-0.4, -0.2) is 5.78 Å². The van der Waals surface area contributed by atoms with Crippen LogP contribution in [0.4, 0.5) is 0 Å². The molecule has 0 aliphatic heterocycles. The van der Waals surface area contributed by atoms with Crippen LogP contribution in [0.15, 0.2) is 0 Å². The third-order valence-electron chi connectivity index (χ3n) is 2.41. The Kier molecular flexibility index (Phi) is 5.18. The topological polar surface area (TPSA) is 17.1 Å². The largest absolute Gasteiger partial charge is 0.300 e. The number of carbonyl (C=O) groups is 1. The normalized spacial score (nSPS) is 13.5. The Morgan fingerprint density at radius 2 is 1.82 bits per heavy atom. The van der Waals surface area contributed by atoms with Gasteiger partial charge in [0.05, 0.1) is 0 Å². The minimum atomic E-state index is 0.400. The first-order chi connectivity index (χ1) is 5.07. The molecule has 0 aliphatic rings. The second kappa shape index (κ2) is 5.34. The minimum absolute atomic E-state index is 0.400. The van der Waals surface area contributed by atoms with Crippen molar-refractivity contribution >= 4 is 5.78 Å². The van der Waals surface area contributed by atoms with Gasteiger partial charge in [0.15, 0.2) is 0 Å². The van der Waals surface area contributed by atoms with Gasteiger partial charge in [-0.1, -0.05) is 27.7 Å². The molecule has 0 heterocycles. The van der Waals surface area contributed by atoms with Crippen LogP contribution in [0.3, 0.4) is 0 Å². The van der Waals surface area contributed by atoms with E-state index in [0.29, 0.717) is 24.0 Å². The molecule has 66 valence electrons. The highest BCUT2D eigenvalue weighted by Gasteiger charge is 2.08. The molecule has 0 fully saturated rings. The quantitative estimate of drug-likeness (QED) is 0.598. The molecule has 0 rings (SSSR count). The summed E-state index contributed by atoms with van der Waals surface area (Å²) in [7, 11) is 0. The summed E-state index contributed by atoms with van der Waals surface area (Å²) in [6.07, 6.45) is 2.53. The highest BCUT2D eigenvalue weighted by atomic mass is 16.1. The van der Waals surface area contributed by atoms with E-state index in [9.17, 15) is 4.79 Å². The van der Waals surface area contributed by atoms with Crippen molar-refractivity contribution in [1.29, 1.82) is 0 Å². The van der Waals surface area contributed by atoms with E-state index in [1.165, 1.54) is 0 Å². The van der Waals surface area contributed by atoms with Gasteiger partial charge in [0.25, 0.3) is 0 Å². The Morgan fingerprint density at radius 1 is 1.27 bits per heavy atom. The van der Waals surface area contributed by atoms with Crippen molar-refractivity contribution in [3.05, 3.63) is 0 Å². The van der Waals surface area contributed by atoms with Gasteiger partial charge in [-0.2, -0.15) is 0 Å². The molecule has 1 unspecified atom stereocenters. The first kappa shape index (κ1) is 10.7. The lowest BCUT2D eigenvalue weighted by molar-refractivity contribution is -0.119. The molecule has 0 radical (unpaired) electrons. The second-order valence-corrected chi connectivity index (χ2v) is 3.65. The first-order valence-electron chi connectivity index (χ1n) is 4.59. The van der Waals surface area contributed by atoms with E-state index in [2.05, 4.69) is 20.8 Å². The summed E-state index contributed by atoms with van der Waals surface area (Å²) in [4.78, 5) is 10.9. The van der Waals surface area contributed by atoms with Crippen LogP contribution < -0.4 is 0 Å². The molecule has 0 saturated carbocycles. The van der Waals surface area contributed by atoms with E-state index in [4.69, 9.17) is 0 Å². The first-order valence-corrected chi connectivity index (χ1v) is 4.59. The number of hydrogen-bond acceptors (Lipinski definition) is 1. The summed E-state index contributed by atoms with van der Waals surface area (Å²) >= 11 is 0. The molecule has 0 aromatic carbocycles. The van der Waals surface area contributed by atoms with Crippen LogP contribution >= 0.6 is 0 Å². The maximum absolute atomic E-state index is 10.9. The summed E-state index contributed by atoms with van der Waals surface area (Å²) < 4.78 is 0. The van der Waals surface area contributed by atoms with E-state index in [0.717, 1.165) is 12.8 Å². The number of Topliss-reactive ketones (excluding diaryl/α,β-unsaturated/α-hetero) is 1. The van der Waals surface area contributed by atoms with Gasteiger partial charge in [-0.3, -0.25) is 4.79 Å². The van der Waals surface area contributed by atoms with E-state index < -0.39 is 0 Å². The van der Waals surface area contributed by atoms with E-state index in [1.54, 1.807) is 0 Å². The van der Waals surface area contributed by atoms with Crippen LogP contribution in [0.5, 0.6) is 0 Å². The summed E-state index contributed by atoms with van der Waals surface area (Å²) in [5.74, 6) is 1.79. The average molecular weight is 156 g/mol. The number of carbonyl (C=O) groups excluding carboxylic acids is 1. The zero-order chi connectivity index (χ0) is 8.85. The van der Waals surface area contributed by atoms with Crippen molar-refractivity contribution < 1.29 is 4.79 Å². The average Bonchev–Trinajstić information content (AvgIpc) is 1.99. The van der Waals surface area contributed by atoms with Crippen molar-refractivity contribution in [3.8, 4) is 0 Å². The number of hydrogen-bond donors (Lipinski definition) is 0. The summed E-state index contributed by atoms with van der Waals surface area (Å²) in [6.45, 7) is 8.57. The molecular formula is C10H20O. The third kappa shape index (κ3) is 5.00. The van der Waals surface area contributed by atoms with E-state index >= 15 is 0 Å². The predicted octanol–water partition coefficient (Wildman–Crippen LogP) is 3.04. The van der Waals surface area contributed by atoms with Crippen molar-refractivity contribution in [2.45, 2.75) is 47.0 Å². The maximum Gasteiger partial charge on any atom is 0.132 e. The molecule has 0 spiro atoms. The Hall–Kier alpha value is -0.330. The molecule has 0 aliphatic carbocycles. The fraction of sp³-hybridized carbons (Fsp3) is 0.900. The Morgan fingerprint density at radius 3 is 2.18 bits per heavy atom. The summed E-state index contributed by atoms with van der Waals surface area (Å²) in [5, 5.41) is 0. The highest BCUT2D eigenvalue weighted by Crippen LogP contribution is 2.16. The smallest absolute Gasteiger partial charge is 0.132 e. The second-order valence-electron chi connectivity index (χ2n) is 3.65. The third-order valence-corrected chi connectivity index (χ3v) is 2.41. The van der Waals surface area contributed by atoms with Gasteiger partial charge in [-0.25, -0.2) is 0 Å². The predicted molar refractivity (Wildman–Crippen MR) is 48.5 cm³/mol. The SMILES string of the molecule is CCC(=O)CCC(C)C(C)C. The van der Waals surface area contributed by atoms with Crippen molar-refractivity contribution in [2.24, 2.45) is 11.8 Å². The molecule has 0 N–H and O–H groups in total. The van der Waals surface area contributed by atoms with Gasteiger partial charge in [-0.15, -0.1) is 0 Å². The van der Waals surface area contributed by atoms with Gasteiger partial charge >= 0.3 is 0 Å². The molecule has 1 heteroatoms. The maximum atomic E-state index is 10.9. The fourth-order valence-electron chi connectivity index (χ4n) is 0.899. The lowest BCUT2D eigenvalue weighted by Crippen LogP contribution is -2.06. The van der Waals surface area contributed by atoms with Gasteiger partial charge < -0.3 is 0 Å². The van der Waals surface area contributed by atoms with Crippen molar-refractivity contribution in [1.82, 2.24) is 0 Å². The van der Waals surface area contributed by atoms with Crippen LogP contribution in [0.25, 0.3) is 0 Å². The Balaban J connectivity index is 3.45. The molecule has 0 aromatic rings. The molecule has 1 atom stereocenters. The molecule has 0 bridgehead atoms. The monoisotopic (exact) mass is 156 g/mol. The summed E-state index contributed by atoms with van der Waals surface area (Å²) in [6, 6.07) is 0. The van der Waals surface area contributed by atoms with Crippen molar-refractivity contribution in [3.63, 3.8) is 0 Å². The molecule has 0 saturated heterocycles. The fourth-order valence-corrected chi connectivity index (χ4v) is 0.899. The minimum Gasteiger partial charge on any atom is -0.300 e. The van der Waals surface area contributed by atoms with Gasteiger partial charge in [0.1, 0.15) is 5.78 Å². The zero-order valence-electron chi connectivity index (χ0n) is 8.18. The Labute approximate surface area is 70.2 Å². The highest BCUT2D eigenvalue weighted by molar-refractivity contribution is 5.77. The standard InChI is InChI=1S/C10H20O/c1-5-10(11)7-6-9(4)8(2)3/h8-9H,5-7H2,1-4H3. The van der Waals surface area contributed by atoms with Crippen LogP contribution in [0.2, 0.25) is 0 Å². The Bertz CT molecular complexity index is 116. The van der Waals surface area contributed by atoms with Gasteiger partial charge in [0.2, 0.25) is 0 Å².